The van der Waals surface area contributed by atoms with Crippen molar-refractivity contribution in [2.24, 2.45) is 0 Å². The van der Waals surface area contributed by atoms with Gasteiger partial charge in [-0.05, 0) is 36.2 Å². The van der Waals surface area contributed by atoms with Gasteiger partial charge in [-0.15, -0.1) is 0 Å². The van der Waals surface area contributed by atoms with Crippen molar-refractivity contribution >= 4 is 15.7 Å². The molecule has 2 aromatic rings. The molecule has 1 aromatic carbocycles. The second kappa shape index (κ2) is 6.37. The van der Waals surface area contributed by atoms with E-state index in [1.54, 1.807) is 48.8 Å². The summed E-state index contributed by atoms with van der Waals surface area (Å²) in [6, 6.07) is 12.2. The number of benzene rings is 1. The van der Waals surface area contributed by atoms with Crippen LogP contribution < -0.4 is 4.31 Å². The number of hydrogen-bond acceptors (Lipinski definition) is 4. The molecule has 2 rings (SSSR count). The Balaban J connectivity index is 2.18. The number of pyridine rings is 1. The summed E-state index contributed by atoms with van der Waals surface area (Å²) in [5, 5.41) is 9.06. The van der Waals surface area contributed by atoms with Crippen molar-refractivity contribution in [3.8, 4) is 6.07 Å². The van der Waals surface area contributed by atoms with Crippen LogP contribution in [0.4, 0.5) is 5.69 Å². The van der Waals surface area contributed by atoms with E-state index in [-0.39, 0.29) is 5.75 Å². The summed E-state index contributed by atoms with van der Waals surface area (Å²) in [6.45, 7) is 0. The molecule has 0 amide bonds. The highest BCUT2D eigenvalue weighted by atomic mass is 32.2. The topological polar surface area (TPSA) is 74.1 Å². The molecule has 6 heteroatoms. The maximum atomic E-state index is 12.4. The number of nitrogens with zero attached hydrogens (tertiary/aromatic N) is 3. The van der Waals surface area contributed by atoms with Crippen LogP contribution in [-0.2, 0) is 16.4 Å². The van der Waals surface area contributed by atoms with Crippen molar-refractivity contribution in [2.45, 2.75) is 6.42 Å². The Hall–Kier alpha value is -2.39. The molecule has 0 aliphatic heterocycles. The molecule has 0 radical (unpaired) electrons. The molecule has 5 nitrogen and oxygen atoms in total. The summed E-state index contributed by atoms with van der Waals surface area (Å²) in [6.07, 6.45) is 3.68. The molecule has 0 saturated carbocycles. The maximum Gasteiger partial charge on any atom is 0.235 e. The summed E-state index contributed by atoms with van der Waals surface area (Å²) >= 11 is 0. The number of rotatable bonds is 5. The predicted octanol–water partition coefficient (Wildman–Crippen LogP) is 1.96. The van der Waals surface area contributed by atoms with E-state index < -0.39 is 10.0 Å². The fourth-order valence-corrected chi connectivity index (χ4v) is 3.15. The summed E-state index contributed by atoms with van der Waals surface area (Å²) in [5.74, 6) is -0.0206. The van der Waals surface area contributed by atoms with E-state index in [4.69, 9.17) is 5.26 Å². The lowest BCUT2D eigenvalue weighted by Crippen LogP contribution is -2.30. The molecular formula is C15H15N3O2S. The van der Waals surface area contributed by atoms with Gasteiger partial charge in [0.25, 0.3) is 0 Å². The van der Waals surface area contributed by atoms with Crippen LogP contribution in [0.1, 0.15) is 11.1 Å². The molecule has 21 heavy (non-hydrogen) atoms. The molecule has 0 N–H and O–H groups in total. The van der Waals surface area contributed by atoms with Crippen LogP contribution in [0.5, 0.6) is 0 Å². The quantitative estimate of drug-likeness (QED) is 0.846. The maximum absolute atomic E-state index is 12.4. The fraction of sp³-hybridized carbons (Fsp3) is 0.200. The molecule has 0 spiro atoms. The minimum atomic E-state index is -3.48. The van der Waals surface area contributed by atoms with Crippen LogP contribution in [0.25, 0.3) is 0 Å². The van der Waals surface area contributed by atoms with Crippen LogP contribution in [0.15, 0.2) is 48.8 Å². The van der Waals surface area contributed by atoms with E-state index >= 15 is 0 Å². The Morgan fingerprint density at radius 3 is 2.52 bits per heavy atom. The number of aryl methyl sites for hydroxylation is 1. The fourth-order valence-electron chi connectivity index (χ4n) is 1.93. The lowest BCUT2D eigenvalue weighted by Gasteiger charge is -2.20. The van der Waals surface area contributed by atoms with E-state index in [1.807, 2.05) is 6.07 Å². The molecule has 0 aliphatic carbocycles. The highest BCUT2D eigenvalue weighted by Crippen LogP contribution is 2.21. The molecule has 0 unspecified atom stereocenters. The largest absolute Gasteiger partial charge is 0.272 e. The van der Waals surface area contributed by atoms with E-state index in [0.717, 1.165) is 5.56 Å². The lowest BCUT2D eigenvalue weighted by molar-refractivity contribution is 0.593. The molecular weight excluding hydrogens is 286 g/mol. The van der Waals surface area contributed by atoms with Gasteiger partial charge in [-0.3, -0.25) is 9.29 Å². The first-order valence-electron chi connectivity index (χ1n) is 6.39. The second-order valence-corrected chi connectivity index (χ2v) is 6.64. The predicted molar refractivity (Wildman–Crippen MR) is 81.3 cm³/mol. The van der Waals surface area contributed by atoms with Crippen LogP contribution in [0.3, 0.4) is 0 Å². The third-order valence-corrected chi connectivity index (χ3v) is 4.93. The second-order valence-electron chi connectivity index (χ2n) is 4.52. The molecule has 1 aromatic heterocycles. The average molecular weight is 301 g/mol. The number of para-hydroxylation sites is 1. The Labute approximate surface area is 124 Å². The molecule has 0 saturated heterocycles. The van der Waals surface area contributed by atoms with Crippen molar-refractivity contribution < 1.29 is 8.42 Å². The van der Waals surface area contributed by atoms with Crippen LogP contribution in [0.2, 0.25) is 0 Å². The van der Waals surface area contributed by atoms with Crippen molar-refractivity contribution in [2.75, 3.05) is 17.1 Å². The van der Waals surface area contributed by atoms with Gasteiger partial charge in [-0.2, -0.15) is 5.26 Å². The van der Waals surface area contributed by atoms with Gasteiger partial charge < -0.3 is 0 Å². The number of sulfonamides is 1. The summed E-state index contributed by atoms with van der Waals surface area (Å²) in [4.78, 5) is 3.90. The van der Waals surface area contributed by atoms with Crippen LogP contribution >= 0.6 is 0 Å². The van der Waals surface area contributed by atoms with E-state index in [2.05, 4.69) is 4.98 Å². The number of nitriles is 1. The van der Waals surface area contributed by atoms with Gasteiger partial charge >= 0.3 is 0 Å². The molecule has 0 aliphatic rings. The molecule has 108 valence electrons. The molecule has 0 fully saturated rings. The molecule has 0 atom stereocenters. The number of hydrogen-bond donors (Lipinski definition) is 0. The monoisotopic (exact) mass is 301 g/mol. The van der Waals surface area contributed by atoms with Gasteiger partial charge in [-0.1, -0.05) is 12.1 Å². The number of aromatic nitrogens is 1. The zero-order valence-electron chi connectivity index (χ0n) is 11.6. The van der Waals surface area contributed by atoms with Crippen molar-refractivity contribution in [3.05, 3.63) is 59.9 Å². The van der Waals surface area contributed by atoms with Gasteiger partial charge in [0.05, 0.1) is 17.0 Å². The molecule has 1 heterocycles. The van der Waals surface area contributed by atoms with Crippen molar-refractivity contribution in [1.29, 1.82) is 5.26 Å². The zero-order valence-corrected chi connectivity index (χ0v) is 12.4. The SMILES string of the molecule is CN(c1ccccc1C#N)S(=O)(=O)CCc1ccncc1. The first kappa shape index (κ1) is 15.0. The van der Waals surface area contributed by atoms with E-state index in [9.17, 15) is 8.42 Å². The third-order valence-electron chi connectivity index (χ3n) is 3.18. The smallest absolute Gasteiger partial charge is 0.235 e. The highest BCUT2D eigenvalue weighted by molar-refractivity contribution is 7.92. The summed E-state index contributed by atoms with van der Waals surface area (Å²) in [5.41, 5.74) is 1.65. The molecule has 0 bridgehead atoms. The standard InChI is InChI=1S/C15H15N3O2S/c1-18(15-5-3-2-4-14(15)12-16)21(19,20)11-8-13-6-9-17-10-7-13/h2-7,9-10H,8,11H2,1H3. The minimum Gasteiger partial charge on any atom is -0.272 e. The normalized spacial score (nSPS) is 10.9. The average Bonchev–Trinajstić information content (AvgIpc) is 2.53. The van der Waals surface area contributed by atoms with E-state index in [1.165, 1.54) is 11.4 Å². The summed E-state index contributed by atoms with van der Waals surface area (Å²) in [7, 11) is -2.01. The third kappa shape index (κ3) is 3.58. The van der Waals surface area contributed by atoms with E-state index in [0.29, 0.717) is 17.7 Å². The van der Waals surface area contributed by atoms with Gasteiger partial charge in [0.2, 0.25) is 10.0 Å². The Morgan fingerprint density at radius 1 is 1.19 bits per heavy atom. The van der Waals surface area contributed by atoms with Crippen LogP contribution in [-0.4, -0.2) is 26.2 Å². The Bertz CT molecular complexity index is 752. The first-order chi connectivity index (χ1) is 10.0. The Kier molecular flexibility index (Phi) is 4.55. The van der Waals surface area contributed by atoms with Gasteiger partial charge in [0.1, 0.15) is 6.07 Å². The summed E-state index contributed by atoms with van der Waals surface area (Å²) < 4.78 is 25.9. The van der Waals surface area contributed by atoms with Gasteiger partial charge in [0, 0.05) is 19.4 Å². The highest BCUT2D eigenvalue weighted by Gasteiger charge is 2.20. The number of anilines is 1. The lowest BCUT2D eigenvalue weighted by atomic mass is 10.2. The van der Waals surface area contributed by atoms with Crippen molar-refractivity contribution in [3.63, 3.8) is 0 Å². The minimum absolute atomic E-state index is 0.0206. The van der Waals surface area contributed by atoms with Gasteiger partial charge in [-0.25, -0.2) is 8.42 Å². The zero-order chi connectivity index (χ0) is 15.3. The van der Waals surface area contributed by atoms with Crippen molar-refractivity contribution in [1.82, 2.24) is 4.98 Å². The first-order valence-corrected chi connectivity index (χ1v) is 8.00. The van der Waals surface area contributed by atoms with Crippen LogP contribution in [0, 0.1) is 11.3 Å². The van der Waals surface area contributed by atoms with Gasteiger partial charge in [0.15, 0.2) is 0 Å². The Morgan fingerprint density at radius 2 is 1.86 bits per heavy atom.